The highest BCUT2D eigenvalue weighted by molar-refractivity contribution is 5.88. The fourth-order valence-corrected chi connectivity index (χ4v) is 4.34. The molecule has 2 amide bonds. The van der Waals surface area contributed by atoms with Crippen molar-refractivity contribution in [2.24, 2.45) is 0 Å². The Morgan fingerprint density at radius 3 is 2.66 bits per heavy atom. The Morgan fingerprint density at radius 1 is 1.19 bits per heavy atom. The average Bonchev–Trinajstić information content (AvgIpc) is 3.34. The minimum absolute atomic E-state index is 0.0276. The summed E-state index contributed by atoms with van der Waals surface area (Å²) < 4.78 is 11.7. The first kappa shape index (κ1) is 22.4. The first-order chi connectivity index (χ1) is 15.5. The van der Waals surface area contributed by atoms with E-state index in [1.54, 1.807) is 11.1 Å². The molecule has 4 rings (SSSR count). The molecule has 0 unspecified atom stereocenters. The van der Waals surface area contributed by atoms with Crippen LogP contribution in [-0.2, 0) is 25.5 Å². The van der Waals surface area contributed by atoms with Gasteiger partial charge in [0.05, 0.1) is 13.2 Å². The molecule has 7 heteroatoms. The van der Waals surface area contributed by atoms with E-state index >= 15 is 0 Å². The molecule has 0 spiro atoms. The lowest BCUT2D eigenvalue weighted by atomic mass is 9.90. The average molecular weight is 438 g/mol. The Kier molecular flexibility index (Phi) is 6.86. The van der Waals surface area contributed by atoms with Gasteiger partial charge < -0.3 is 19.7 Å². The first-order valence-electron chi connectivity index (χ1n) is 11.3. The number of morpholine rings is 1. The van der Waals surface area contributed by atoms with Gasteiger partial charge in [-0.05, 0) is 49.4 Å². The third-order valence-corrected chi connectivity index (χ3v) is 5.97. The lowest BCUT2D eigenvalue weighted by molar-refractivity contribution is -0.170. The van der Waals surface area contributed by atoms with E-state index in [1.807, 2.05) is 56.4 Å². The van der Waals surface area contributed by atoms with Crippen LogP contribution in [0.4, 0.5) is 0 Å². The van der Waals surface area contributed by atoms with Crippen molar-refractivity contribution >= 4 is 11.8 Å². The summed E-state index contributed by atoms with van der Waals surface area (Å²) in [5.74, 6) is -0.229. The second-order valence-electron chi connectivity index (χ2n) is 8.85. The highest BCUT2D eigenvalue weighted by Crippen LogP contribution is 2.27. The van der Waals surface area contributed by atoms with Crippen LogP contribution < -0.4 is 5.32 Å². The topological polar surface area (TPSA) is 80.8 Å². The van der Waals surface area contributed by atoms with Gasteiger partial charge in [0.15, 0.2) is 5.60 Å². The molecule has 2 aliphatic rings. The summed E-state index contributed by atoms with van der Waals surface area (Å²) in [6.07, 6.45) is 5.18. The number of ether oxygens (including phenoxy) is 2. The maximum atomic E-state index is 13.3. The van der Waals surface area contributed by atoms with Gasteiger partial charge in [-0.1, -0.05) is 30.3 Å². The molecule has 1 N–H and O–H groups in total. The quantitative estimate of drug-likeness (QED) is 0.751. The maximum Gasteiger partial charge on any atom is 0.254 e. The second-order valence-corrected chi connectivity index (χ2v) is 8.85. The highest BCUT2D eigenvalue weighted by Gasteiger charge is 2.46. The Labute approximate surface area is 189 Å². The number of rotatable bonds is 6. The summed E-state index contributed by atoms with van der Waals surface area (Å²) >= 11 is 0. The number of pyridine rings is 1. The van der Waals surface area contributed by atoms with E-state index in [-0.39, 0.29) is 24.4 Å². The van der Waals surface area contributed by atoms with E-state index in [4.69, 9.17) is 9.47 Å². The molecule has 7 nitrogen and oxygen atoms in total. The van der Waals surface area contributed by atoms with Crippen LogP contribution in [0.25, 0.3) is 11.1 Å². The Bertz CT molecular complexity index is 926. The Balaban J connectivity index is 1.56. The van der Waals surface area contributed by atoms with Gasteiger partial charge in [0.2, 0.25) is 0 Å². The number of nitrogens with zero attached hydrogens (tertiary/aromatic N) is 2. The maximum absolute atomic E-state index is 13.3. The molecule has 0 aliphatic carbocycles. The van der Waals surface area contributed by atoms with E-state index in [2.05, 4.69) is 10.3 Å². The number of carbonyl (C=O) groups excluding carboxylic acids is 2. The van der Waals surface area contributed by atoms with E-state index in [0.29, 0.717) is 26.2 Å². The number of hydrogen-bond acceptors (Lipinski definition) is 5. The third kappa shape index (κ3) is 5.00. The van der Waals surface area contributed by atoms with Crippen molar-refractivity contribution in [3.63, 3.8) is 0 Å². The zero-order chi connectivity index (χ0) is 22.6. The van der Waals surface area contributed by atoms with Gasteiger partial charge >= 0.3 is 0 Å². The molecule has 1 aromatic carbocycles. The van der Waals surface area contributed by atoms with Crippen molar-refractivity contribution in [1.82, 2.24) is 15.2 Å². The van der Waals surface area contributed by atoms with E-state index in [9.17, 15) is 9.59 Å². The van der Waals surface area contributed by atoms with Crippen molar-refractivity contribution in [2.75, 3.05) is 26.3 Å². The van der Waals surface area contributed by atoms with Gasteiger partial charge in [-0.15, -0.1) is 0 Å². The summed E-state index contributed by atoms with van der Waals surface area (Å²) in [6, 6.07) is 12.0. The number of carbonyl (C=O) groups is 2. The van der Waals surface area contributed by atoms with Crippen molar-refractivity contribution in [3.05, 3.63) is 54.4 Å². The minimum Gasteiger partial charge on any atom is -0.368 e. The molecule has 1 aromatic heterocycles. The smallest absolute Gasteiger partial charge is 0.254 e. The van der Waals surface area contributed by atoms with E-state index in [0.717, 1.165) is 29.5 Å². The van der Waals surface area contributed by atoms with Gasteiger partial charge in [-0.25, -0.2) is 0 Å². The van der Waals surface area contributed by atoms with Gasteiger partial charge in [-0.3, -0.25) is 14.6 Å². The van der Waals surface area contributed by atoms with Gasteiger partial charge in [0, 0.05) is 38.0 Å². The summed E-state index contributed by atoms with van der Waals surface area (Å²) in [6.45, 7) is 5.46. The Hall–Kier alpha value is -2.77. The molecule has 2 saturated heterocycles. The van der Waals surface area contributed by atoms with Crippen molar-refractivity contribution in [1.29, 1.82) is 0 Å². The molecule has 0 radical (unpaired) electrons. The number of amides is 2. The Morgan fingerprint density at radius 2 is 2.00 bits per heavy atom. The zero-order valence-corrected chi connectivity index (χ0v) is 18.8. The fourth-order valence-electron chi connectivity index (χ4n) is 4.34. The molecular formula is C25H31N3O4. The largest absolute Gasteiger partial charge is 0.368 e. The third-order valence-electron chi connectivity index (χ3n) is 5.97. The molecule has 0 saturated carbocycles. The predicted molar refractivity (Wildman–Crippen MR) is 121 cm³/mol. The SMILES string of the molecule is CC(C)NC(=O)[C@]1(Cc2ccc(-c3cccnc3)cc2)CN(C(=O)[C@H]2CCCO2)CCO1. The molecule has 2 fully saturated rings. The number of benzene rings is 1. The number of nitrogens with one attached hydrogen (secondary N) is 1. The van der Waals surface area contributed by atoms with Crippen LogP contribution in [0.5, 0.6) is 0 Å². The van der Waals surface area contributed by atoms with Crippen LogP contribution >= 0.6 is 0 Å². The van der Waals surface area contributed by atoms with Crippen LogP contribution in [0.3, 0.4) is 0 Å². The standard InChI is InChI=1S/C25H31N3O4/c1-18(2)27-24(30)25(17-28(12-14-32-25)23(29)22-6-4-13-31-22)15-19-7-9-20(10-8-19)21-5-3-11-26-16-21/h3,5,7-11,16,18,22H,4,6,12-15,17H2,1-2H3,(H,27,30)/t22-,25+/m1/s1. The molecule has 0 bridgehead atoms. The first-order valence-corrected chi connectivity index (χ1v) is 11.3. The summed E-state index contributed by atoms with van der Waals surface area (Å²) in [4.78, 5) is 32.2. The van der Waals surface area contributed by atoms with Crippen LogP contribution in [0.2, 0.25) is 0 Å². The summed E-state index contributed by atoms with van der Waals surface area (Å²) in [5, 5.41) is 3.00. The zero-order valence-electron chi connectivity index (χ0n) is 18.8. The van der Waals surface area contributed by atoms with Crippen molar-refractivity contribution < 1.29 is 19.1 Å². The fraction of sp³-hybridized carbons (Fsp3) is 0.480. The predicted octanol–water partition coefficient (Wildman–Crippen LogP) is 2.59. The molecule has 2 aromatic rings. The molecule has 3 heterocycles. The molecular weight excluding hydrogens is 406 g/mol. The molecule has 2 atom stereocenters. The van der Waals surface area contributed by atoms with E-state index < -0.39 is 11.7 Å². The molecule has 2 aliphatic heterocycles. The van der Waals surface area contributed by atoms with E-state index in [1.165, 1.54) is 0 Å². The van der Waals surface area contributed by atoms with Crippen LogP contribution in [0.1, 0.15) is 32.3 Å². The molecule has 170 valence electrons. The van der Waals surface area contributed by atoms with Crippen molar-refractivity contribution in [2.45, 2.75) is 50.9 Å². The monoisotopic (exact) mass is 437 g/mol. The van der Waals surface area contributed by atoms with Crippen LogP contribution in [0.15, 0.2) is 48.8 Å². The highest BCUT2D eigenvalue weighted by atomic mass is 16.5. The lowest BCUT2D eigenvalue weighted by Crippen LogP contribution is -2.63. The minimum atomic E-state index is -1.13. The summed E-state index contributed by atoms with van der Waals surface area (Å²) in [5.41, 5.74) is 1.94. The number of aromatic nitrogens is 1. The van der Waals surface area contributed by atoms with Gasteiger partial charge in [0.1, 0.15) is 6.10 Å². The van der Waals surface area contributed by atoms with Gasteiger partial charge in [-0.2, -0.15) is 0 Å². The number of hydrogen-bond donors (Lipinski definition) is 1. The normalized spacial score (nSPS) is 23.3. The lowest BCUT2D eigenvalue weighted by Gasteiger charge is -2.42. The summed E-state index contributed by atoms with van der Waals surface area (Å²) in [7, 11) is 0. The second kappa shape index (κ2) is 9.79. The van der Waals surface area contributed by atoms with Crippen LogP contribution in [0, 0.1) is 0 Å². The van der Waals surface area contributed by atoms with Crippen molar-refractivity contribution in [3.8, 4) is 11.1 Å². The van der Waals surface area contributed by atoms with Crippen LogP contribution in [-0.4, -0.2) is 65.7 Å². The molecule has 32 heavy (non-hydrogen) atoms. The van der Waals surface area contributed by atoms with Gasteiger partial charge in [0.25, 0.3) is 11.8 Å².